The minimum Gasteiger partial charge on any atom is -0.481 e. The van der Waals surface area contributed by atoms with Gasteiger partial charge in [0.25, 0.3) is 0 Å². The normalized spacial score (nSPS) is 12.2. The van der Waals surface area contributed by atoms with E-state index in [0.29, 0.717) is 0 Å². The molecule has 0 aromatic carbocycles. The summed E-state index contributed by atoms with van der Waals surface area (Å²) in [5.41, 5.74) is 0. The summed E-state index contributed by atoms with van der Waals surface area (Å²) in [6, 6.07) is 0. The third kappa shape index (κ3) is 20.2. The van der Waals surface area contributed by atoms with E-state index >= 15 is 0 Å². The van der Waals surface area contributed by atoms with Crippen molar-refractivity contribution >= 4 is 5.97 Å². The number of hydrogen-bond acceptors (Lipinski definition) is 2. The highest BCUT2D eigenvalue weighted by atomic mass is 16.4. The Balaban J connectivity index is 3.66. The van der Waals surface area contributed by atoms with Crippen LogP contribution in [-0.2, 0) is 4.79 Å². The van der Waals surface area contributed by atoms with E-state index in [1.165, 1.54) is 89.9 Å². The molecule has 176 valence electrons. The van der Waals surface area contributed by atoms with Gasteiger partial charge in [-0.3, -0.25) is 9.69 Å². The molecule has 30 heavy (non-hydrogen) atoms. The van der Waals surface area contributed by atoms with E-state index in [4.69, 9.17) is 0 Å². The fourth-order valence-electron chi connectivity index (χ4n) is 4.26. The lowest BCUT2D eigenvalue weighted by atomic mass is 9.96. The molecular weight excluding hydrogens is 370 g/mol. The summed E-state index contributed by atoms with van der Waals surface area (Å²) < 4.78 is 0. The first kappa shape index (κ1) is 28.9. The molecule has 0 fully saturated rings. The summed E-state index contributed by atoms with van der Waals surface area (Å²) in [6.07, 6.45) is 25.5. The van der Waals surface area contributed by atoms with E-state index in [9.17, 15) is 9.90 Å². The van der Waals surface area contributed by atoms with E-state index in [1.54, 1.807) is 0 Å². The van der Waals surface area contributed by atoms with Crippen molar-refractivity contribution in [3.63, 3.8) is 0 Å². The molecule has 0 spiro atoms. The van der Waals surface area contributed by atoms with Crippen LogP contribution in [0.4, 0.5) is 0 Å². The van der Waals surface area contributed by atoms with Gasteiger partial charge in [0.1, 0.15) is 0 Å². The van der Waals surface area contributed by atoms with Gasteiger partial charge >= 0.3 is 5.97 Å². The van der Waals surface area contributed by atoms with Gasteiger partial charge in [-0.15, -0.1) is 13.2 Å². The van der Waals surface area contributed by atoms with Crippen LogP contribution < -0.4 is 0 Å². The van der Waals surface area contributed by atoms with Gasteiger partial charge in [-0.25, -0.2) is 0 Å². The first-order valence-electron chi connectivity index (χ1n) is 12.8. The molecule has 3 heteroatoms. The number of nitrogens with zero attached hydrogens (tertiary/aromatic N) is 1. The minimum absolute atomic E-state index is 0.226. The van der Waals surface area contributed by atoms with Gasteiger partial charge in [0.15, 0.2) is 0 Å². The van der Waals surface area contributed by atoms with Crippen LogP contribution in [0.15, 0.2) is 25.3 Å². The lowest BCUT2D eigenvalue weighted by molar-refractivity contribution is -0.138. The summed E-state index contributed by atoms with van der Waals surface area (Å²) in [6.45, 7) is 12.3. The van der Waals surface area contributed by atoms with Crippen LogP contribution in [-0.4, -0.2) is 35.6 Å². The minimum atomic E-state index is -0.682. The Hall–Kier alpha value is -1.09. The monoisotopic (exact) mass is 421 g/mol. The number of carbonyl (C=O) groups is 1. The lowest BCUT2D eigenvalue weighted by Crippen LogP contribution is -2.31. The van der Waals surface area contributed by atoms with Crippen LogP contribution in [0, 0.1) is 5.92 Å². The number of carboxylic acids is 1. The van der Waals surface area contributed by atoms with Gasteiger partial charge in [0.2, 0.25) is 0 Å². The zero-order valence-corrected chi connectivity index (χ0v) is 20.1. The summed E-state index contributed by atoms with van der Waals surface area (Å²) in [4.78, 5) is 13.4. The van der Waals surface area contributed by atoms with Crippen molar-refractivity contribution in [2.75, 3.05) is 19.6 Å². The molecule has 0 bridgehead atoms. The zero-order valence-electron chi connectivity index (χ0n) is 20.1. The largest absolute Gasteiger partial charge is 0.481 e. The maximum absolute atomic E-state index is 11.2. The fraction of sp³-hybridized carbons (Fsp3) is 0.815. The van der Waals surface area contributed by atoms with Crippen LogP contribution >= 0.6 is 0 Å². The van der Waals surface area contributed by atoms with E-state index in [0.717, 1.165) is 32.5 Å². The summed E-state index contributed by atoms with van der Waals surface area (Å²) in [7, 11) is 0. The van der Waals surface area contributed by atoms with Gasteiger partial charge in [0, 0.05) is 26.1 Å². The van der Waals surface area contributed by atoms with E-state index in [2.05, 4.69) is 25.0 Å². The zero-order chi connectivity index (χ0) is 22.3. The molecule has 0 saturated heterocycles. The Labute approximate surface area is 188 Å². The van der Waals surface area contributed by atoms with Crippen LogP contribution in [0.5, 0.6) is 0 Å². The summed E-state index contributed by atoms with van der Waals surface area (Å²) in [5.74, 6) is -0.456. The highest BCUT2D eigenvalue weighted by Gasteiger charge is 2.16. The quantitative estimate of drug-likeness (QED) is 0.127. The molecule has 0 amide bonds. The molecule has 1 N–H and O–H groups in total. The number of unbranched alkanes of at least 4 members (excludes halogenated alkanes) is 14. The third-order valence-corrected chi connectivity index (χ3v) is 5.97. The van der Waals surface area contributed by atoms with Crippen molar-refractivity contribution in [1.82, 2.24) is 4.90 Å². The van der Waals surface area contributed by atoms with Crippen LogP contribution in [0.3, 0.4) is 0 Å². The molecule has 0 aliphatic heterocycles. The maximum Gasteiger partial charge on any atom is 0.303 e. The number of carboxylic acid groups (broad SMARTS) is 1. The Morgan fingerprint density at radius 1 is 0.767 bits per heavy atom. The molecule has 0 heterocycles. The second-order valence-electron chi connectivity index (χ2n) is 9.00. The van der Waals surface area contributed by atoms with Crippen molar-refractivity contribution in [2.24, 2.45) is 5.92 Å². The molecule has 0 rings (SSSR count). The van der Waals surface area contributed by atoms with Gasteiger partial charge in [-0.2, -0.15) is 0 Å². The first-order valence-corrected chi connectivity index (χ1v) is 12.8. The van der Waals surface area contributed by atoms with Crippen LogP contribution in [0.1, 0.15) is 116 Å². The smallest absolute Gasteiger partial charge is 0.303 e. The second kappa shape index (κ2) is 22.6. The lowest BCUT2D eigenvalue weighted by Gasteiger charge is -2.24. The van der Waals surface area contributed by atoms with Crippen molar-refractivity contribution < 1.29 is 9.90 Å². The molecule has 0 aromatic rings. The Kier molecular flexibility index (Phi) is 21.8. The van der Waals surface area contributed by atoms with Crippen LogP contribution in [0.2, 0.25) is 0 Å². The maximum atomic E-state index is 11.2. The van der Waals surface area contributed by atoms with Crippen molar-refractivity contribution in [2.45, 2.75) is 116 Å². The van der Waals surface area contributed by atoms with E-state index in [1.807, 2.05) is 12.2 Å². The summed E-state index contributed by atoms with van der Waals surface area (Å²) in [5, 5.41) is 9.22. The molecule has 3 nitrogen and oxygen atoms in total. The molecule has 1 atom stereocenters. The van der Waals surface area contributed by atoms with Crippen molar-refractivity contribution in [3.8, 4) is 0 Å². The number of rotatable bonds is 24. The van der Waals surface area contributed by atoms with E-state index < -0.39 is 5.97 Å². The highest BCUT2D eigenvalue weighted by molar-refractivity contribution is 5.67. The average molecular weight is 422 g/mol. The SMILES string of the molecule is C=CCN(CC=C)CC(CCCCCCCCCCCCCCCCC)CC(=O)O. The molecule has 0 aromatic heterocycles. The fourth-order valence-corrected chi connectivity index (χ4v) is 4.26. The van der Waals surface area contributed by atoms with E-state index in [-0.39, 0.29) is 12.3 Å². The summed E-state index contributed by atoms with van der Waals surface area (Å²) >= 11 is 0. The van der Waals surface area contributed by atoms with Gasteiger partial charge in [0.05, 0.1) is 0 Å². The molecule has 0 saturated carbocycles. The Bertz CT molecular complexity index is 398. The third-order valence-electron chi connectivity index (χ3n) is 5.97. The van der Waals surface area contributed by atoms with Gasteiger partial charge in [-0.05, 0) is 12.3 Å². The topological polar surface area (TPSA) is 40.5 Å². The number of hydrogen-bond donors (Lipinski definition) is 1. The van der Waals surface area contributed by atoms with Crippen LogP contribution in [0.25, 0.3) is 0 Å². The standard InChI is InChI=1S/C27H51NO2/c1-4-7-8-9-10-11-12-13-14-15-16-17-18-19-20-21-26(24-27(29)30)25-28(22-5-2)23-6-3/h5-6,26H,2-4,7-25H2,1H3,(H,29,30). The number of aliphatic carboxylic acids is 1. The predicted molar refractivity (Wildman–Crippen MR) is 132 cm³/mol. The predicted octanol–water partition coefficient (Wildman–Crippen LogP) is 8.01. The highest BCUT2D eigenvalue weighted by Crippen LogP contribution is 2.18. The molecular formula is C27H51NO2. The Morgan fingerprint density at radius 3 is 1.53 bits per heavy atom. The van der Waals surface area contributed by atoms with Gasteiger partial charge < -0.3 is 5.11 Å². The second-order valence-corrected chi connectivity index (χ2v) is 9.00. The first-order chi connectivity index (χ1) is 14.6. The van der Waals surface area contributed by atoms with Crippen molar-refractivity contribution in [1.29, 1.82) is 0 Å². The van der Waals surface area contributed by atoms with Gasteiger partial charge in [-0.1, -0.05) is 115 Å². The van der Waals surface area contributed by atoms with Crippen molar-refractivity contribution in [3.05, 3.63) is 25.3 Å². The molecule has 0 aliphatic carbocycles. The average Bonchev–Trinajstić information content (AvgIpc) is 2.70. The molecule has 1 unspecified atom stereocenters. The molecule has 0 aliphatic rings. The Morgan fingerprint density at radius 2 is 1.17 bits per heavy atom. The molecule has 0 radical (unpaired) electrons.